The van der Waals surface area contributed by atoms with Crippen molar-refractivity contribution in [1.29, 1.82) is 0 Å². The van der Waals surface area contributed by atoms with Crippen LogP contribution in [0.2, 0.25) is 0 Å². The molecule has 2 aliphatic rings. The van der Waals surface area contributed by atoms with E-state index in [9.17, 15) is 14.7 Å². The molecule has 0 bridgehead atoms. The number of rotatable bonds is 9. The van der Waals surface area contributed by atoms with Crippen molar-refractivity contribution in [3.63, 3.8) is 0 Å². The van der Waals surface area contributed by atoms with Crippen LogP contribution in [0.15, 0.2) is 72.8 Å². The molecule has 3 N–H and O–H groups in total. The number of hydrogen-bond donors (Lipinski definition) is 3. The van der Waals surface area contributed by atoms with Crippen molar-refractivity contribution in [3.8, 4) is 16.9 Å². The van der Waals surface area contributed by atoms with Crippen LogP contribution in [0.4, 0.5) is 5.69 Å². The Labute approximate surface area is 228 Å². The smallest absolute Gasteiger partial charge is 0.238 e. The van der Waals surface area contributed by atoms with Crippen LogP contribution in [0.25, 0.3) is 11.1 Å². The average Bonchev–Trinajstić information content (AvgIpc) is 3.29. The number of carbonyl (C=O) groups excluding carboxylic acids is 2. The lowest BCUT2D eigenvalue weighted by Crippen LogP contribution is -2.47. The Hall–Kier alpha value is -3.72. The molecule has 2 aliphatic heterocycles. The summed E-state index contributed by atoms with van der Waals surface area (Å²) in [6.07, 6.45) is -0.449. The van der Waals surface area contributed by atoms with E-state index in [-0.39, 0.29) is 49.5 Å². The fraction of sp³-hybridized carbons (Fsp3) is 0.355. The SMILES string of the molecule is CN(C)CC(=O)Nc1ccc2c(c1)[C@H]1C[C@@H](CC(=O)NCc3ccc(-c4ccccc4)cc3)O[C@@H](CO)[C@H]1O2. The second-order valence-corrected chi connectivity index (χ2v) is 10.5. The summed E-state index contributed by atoms with van der Waals surface area (Å²) in [6.45, 7) is 0.514. The van der Waals surface area contributed by atoms with Gasteiger partial charge in [0, 0.05) is 23.7 Å². The molecular weight excluding hydrogens is 494 g/mol. The standard InChI is InChI=1S/C31H35N3O5/c1-34(2)18-30(37)33-23-12-13-27-25(14-23)26-15-24(38-28(19-35)31(26)39-27)16-29(36)32-17-20-8-10-22(11-9-20)21-6-4-3-5-7-21/h3-14,24,26,28,31,35H,15-19H2,1-2H3,(H,32,36)(H,33,37)/t24-,26+,28-,31-/m0/s1. The van der Waals surface area contributed by atoms with Crippen LogP contribution >= 0.6 is 0 Å². The first-order valence-electron chi connectivity index (χ1n) is 13.3. The van der Waals surface area contributed by atoms with Crippen molar-refractivity contribution >= 4 is 17.5 Å². The van der Waals surface area contributed by atoms with Crippen molar-refractivity contribution in [1.82, 2.24) is 10.2 Å². The Kier molecular flexibility index (Phi) is 8.26. The summed E-state index contributed by atoms with van der Waals surface area (Å²) >= 11 is 0. The third-order valence-electron chi connectivity index (χ3n) is 7.21. The molecule has 0 aromatic heterocycles. The van der Waals surface area contributed by atoms with Gasteiger partial charge in [0.05, 0.1) is 25.7 Å². The zero-order valence-electron chi connectivity index (χ0n) is 22.3. The molecular formula is C31H35N3O5. The van der Waals surface area contributed by atoms with Gasteiger partial charge < -0.3 is 30.1 Å². The second-order valence-electron chi connectivity index (χ2n) is 10.5. The quantitative estimate of drug-likeness (QED) is 0.392. The Morgan fingerprint density at radius 1 is 0.974 bits per heavy atom. The molecule has 1 saturated heterocycles. The number of nitrogens with one attached hydrogen (secondary N) is 2. The molecule has 8 nitrogen and oxygen atoms in total. The van der Waals surface area contributed by atoms with E-state index >= 15 is 0 Å². The number of benzene rings is 3. The number of aliphatic hydroxyl groups excluding tert-OH is 1. The van der Waals surface area contributed by atoms with E-state index in [4.69, 9.17) is 9.47 Å². The lowest BCUT2D eigenvalue weighted by Gasteiger charge is -2.37. The molecule has 0 spiro atoms. The highest BCUT2D eigenvalue weighted by atomic mass is 16.6. The summed E-state index contributed by atoms with van der Waals surface area (Å²) in [5, 5.41) is 15.9. The third kappa shape index (κ3) is 6.47. The minimum Gasteiger partial charge on any atom is -0.487 e. The molecule has 1 fully saturated rings. The first kappa shape index (κ1) is 26.9. The molecule has 2 amide bonds. The van der Waals surface area contributed by atoms with Gasteiger partial charge in [-0.3, -0.25) is 9.59 Å². The summed E-state index contributed by atoms with van der Waals surface area (Å²) in [7, 11) is 3.69. The first-order valence-corrected chi connectivity index (χ1v) is 13.3. The van der Waals surface area contributed by atoms with Crippen molar-refractivity contribution in [2.45, 2.75) is 43.6 Å². The Morgan fingerprint density at radius 3 is 2.44 bits per heavy atom. The number of nitrogens with zero attached hydrogens (tertiary/aromatic N) is 1. The van der Waals surface area contributed by atoms with Crippen LogP contribution < -0.4 is 15.4 Å². The molecule has 0 saturated carbocycles. The molecule has 39 heavy (non-hydrogen) atoms. The maximum atomic E-state index is 12.8. The van der Waals surface area contributed by atoms with Gasteiger partial charge in [-0.25, -0.2) is 0 Å². The van der Waals surface area contributed by atoms with Gasteiger partial charge in [0.25, 0.3) is 0 Å². The number of ether oxygens (including phenoxy) is 2. The highest BCUT2D eigenvalue weighted by Crippen LogP contribution is 2.47. The van der Waals surface area contributed by atoms with Crippen LogP contribution in [0.3, 0.4) is 0 Å². The van der Waals surface area contributed by atoms with Crippen molar-refractivity contribution in [3.05, 3.63) is 83.9 Å². The van der Waals surface area contributed by atoms with Gasteiger partial charge in [-0.05, 0) is 55.4 Å². The minimum absolute atomic E-state index is 0.0417. The molecule has 2 heterocycles. The summed E-state index contributed by atoms with van der Waals surface area (Å²) in [5.74, 6) is 0.479. The molecule has 8 heteroatoms. The number of aliphatic hydroxyl groups is 1. The maximum absolute atomic E-state index is 12.8. The van der Waals surface area contributed by atoms with E-state index in [0.29, 0.717) is 18.7 Å². The summed E-state index contributed by atoms with van der Waals surface area (Å²) in [6, 6.07) is 23.9. The average molecular weight is 530 g/mol. The number of fused-ring (bicyclic) bond motifs is 3. The molecule has 204 valence electrons. The number of anilines is 1. The van der Waals surface area contributed by atoms with Crippen molar-refractivity contribution in [2.24, 2.45) is 0 Å². The molecule has 3 aromatic carbocycles. The topological polar surface area (TPSA) is 100 Å². The zero-order chi connectivity index (χ0) is 27.4. The van der Waals surface area contributed by atoms with Gasteiger partial charge in [-0.15, -0.1) is 0 Å². The van der Waals surface area contributed by atoms with E-state index < -0.39 is 6.10 Å². The van der Waals surface area contributed by atoms with E-state index in [2.05, 4.69) is 34.9 Å². The lowest BCUT2D eigenvalue weighted by atomic mass is 9.84. The largest absolute Gasteiger partial charge is 0.487 e. The van der Waals surface area contributed by atoms with Crippen LogP contribution in [0.1, 0.15) is 29.9 Å². The van der Waals surface area contributed by atoms with Crippen LogP contribution in [-0.2, 0) is 20.9 Å². The van der Waals surface area contributed by atoms with Gasteiger partial charge in [0.1, 0.15) is 18.0 Å². The Morgan fingerprint density at radius 2 is 1.72 bits per heavy atom. The summed E-state index contributed by atoms with van der Waals surface area (Å²) < 4.78 is 12.2. The Bertz CT molecular complexity index is 1300. The first-order chi connectivity index (χ1) is 18.9. The maximum Gasteiger partial charge on any atom is 0.238 e. The van der Waals surface area contributed by atoms with Gasteiger partial charge in [-0.1, -0.05) is 54.6 Å². The number of amides is 2. The van der Waals surface area contributed by atoms with Crippen LogP contribution in [0, 0.1) is 0 Å². The third-order valence-corrected chi connectivity index (χ3v) is 7.21. The molecule has 0 radical (unpaired) electrons. The monoisotopic (exact) mass is 529 g/mol. The summed E-state index contributed by atoms with van der Waals surface area (Å²) in [4.78, 5) is 26.9. The number of likely N-dealkylation sites (N-methyl/N-ethyl adjacent to an activating group) is 1. The van der Waals surface area contributed by atoms with Crippen molar-refractivity contribution in [2.75, 3.05) is 32.6 Å². The fourth-order valence-corrected chi connectivity index (χ4v) is 5.38. The highest BCUT2D eigenvalue weighted by Gasteiger charge is 2.46. The zero-order valence-corrected chi connectivity index (χ0v) is 22.3. The normalized spacial score (nSPS) is 21.5. The Balaban J connectivity index is 1.19. The van der Waals surface area contributed by atoms with E-state index in [1.54, 1.807) is 0 Å². The van der Waals surface area contributed by atoms with E-state index in [0.717, 1.165) is 28.0 Å². The summed E-state index contributed by atoms with van der Waals surface area (Å²) in [5.41, 5.74) is 4.96. The van der Waals surface area contributed by atoms with Gasteiger partial charge in [-0.2, -0.15) is 0 Å². The highest BCUT2D eigenvalue weighted by molar-refractivity contribution is 5.92. The van der Waals surface area contributed by atoms with Crippen LogP contribution in [0.5, 0.6) is 5.75 Å². The molecule has 5 rings (SSSR count). The molecule has 0 unspecified atom stereocenters. The van der Waals surface area contributed by atoms with E-state index in [1.165, 1.54) is 0 Å². The van der Waals surface area contributed by atoms with E-state index in [1.807, 2.05) is 67.5 Å². The minimum atomic E-state index is -0.536. The molecule has 0 aliphatic carbocycles. The second kappa shape index (κ2) is 12.0. The molecule has 3 aromatic rings. The fourth-order valence-electron chi connectivity index (χ4n) is 5.38. The predicted octanol–water partition coefficient (Wildman–Crippen LogP) is 3.55. The van der Waals surface area contributed by atoms with Gasteiger partial charge in [0.15, 0.2) is 0 Å². The molecule has 4 atom stereocenters. The number of carbonyl (C=O) groups is 2. The van der Waals surface area contributed by atoms with Gasteiger partial charge >= 0.3 is 0 Å². The number of hydrogen-bond acceptors (Lipinski definition) is 6. The van der Waals surface area contributed by atoms with Crippen LogP contribution in [-0.4, -0.2) is 67.4 Å². The lowest BCUT2D eigenvalue weighted by molar-refractivity contribution is -0.142. The van der Waals surface area contributed by atoms with Gasteiger partial charge in [0.2, 0.25) is 11.8 Å². The van der Waals surface area contributed by atoms with Crippen molar-refractivity contribution < 1.29 is 24.2 Å². The predicted molar refractivity (Wildman–Crippen MR) is 149 cm³/mol.